The predicted molar refractivity (Wildman–Crippen MR) is 103 cm³/mol. The molecular formula is C17H24N8O2. The highest BCUT2D eigenvalue weighted by molar-refractivity contribution is 5.95. The summed E-state index contributed by atoms with van der Waals surface area (Å²) in [7, 11) is 1.56. The van der Waals surface area contributed by atoms with Gasteiger partial charge in [0.05, 0.1) is 32.0 Å². The fourth-order valence-corrected chi connectivity index (χ4v) is 3.15. The molecule has 27 heavy (non-hydrogen) atoms. The number of rotatable bonds is 5. The summed E-state index contributed by atoms with van der Waals surface area (Å²) >= 11 is 0. The number of nitrogens with two attached hydrogens (primary N) is 1. The number of hydrazine groups is 1. The van der Waals surface area contributed by atoms with E-state index in [1.54, 1.807) is 18.3 Å². The molecule has 2 aliphatic rings. The van der Waals surface area contributed by atoms with Crippen LogP contribution in [-0.4, -0.2) is 78.2 Å². The average Bonchev–Trinajstić information content (AvgIpc) is 3.17. The Balaban J connectivity index is 1.45. The number of anilines is 1. The van der Waals surface area contributed by atoms with E-state index in [-0.39, 0.29) is 0 Å². The van der Waals surface area contributed by atoms with Gasteiger partial charge in [0, 0.05) is 37.1 Å². The number of nitrogens with zero attached hydrogens (tertiary/aromatic N) is 5. The molecule has 0 saturated carbocycles. The van der Waals surface area contributed by atoms with Gasteiger partial charge in [-0.2, -0.15) is 15.1 Å². The second-order valence-corrected chi connectivity index (χ2v) is 6.45. The van der Waals surface area contributed by atoms with Gasteiger partial charge in [-0.05, 0) is 18.2 Å². The van der Waals surface area contributed by atoms with Crippen LogP contribution in [0.1, 0.15) is 6.42 Å². The number of amidine groups is 2. The van der Waals surface area contributed by atoms with E-state index in [0.29, 0.717) is 12.4 Å². The minimum Gasteiger partial charge on any atom is -0.467 e. The molecule has 1 unspecified atom stereocenters. The van der Waals surface area contributed by atoms with E-state index in [9.17, 15) is 0 Å². The molecular weight excluding hydrogens is 348 g/mol. The van der Waals surface area contributed by atoms with Gasteiger partial charge in [0.25, 0.3) is 0 Å². The van der Waals surface area contributed by atoms with Gasteiger partial charge < -0.3 is 14.8 Å². The molecule has 1 aromatic carbocycles. The zero-order valence-electron chi connectivity index (χ0n) is 15.3. The number of fused-ring (bicyclic) bond motifs is 1. The minimum atomic E-state index is -0.502. The summed E-state index contributed by atoms with van der Waals surface area (Å²) in [5.41, 5.74) is 1.82. The number of nitrogens with one attached hydrogen (secondary N) is 2. The predicted octanol–water partition coefficient (Wildman–Crippen LogP) is 0.571. The standard InChI is InChI=1S/C17H24N8O2/c1-26-17-21-15(4-5-24-6-8-27-9-7-24)25(18)16(22-17)20-13-3-2-12-11-19-23-14(12)10-13/h2-3,10-11,16,20H,4-9,18H2,1H3,(H,19,23). The van der Waals surface area contributed by atoms with E-state index in [0.717, 1.165) is 55.3 Å². The highest BCUT2D eigenvalue weighted by atomic mass is 16.5. The summed E-state index contributed by atoms with van der Waals surface area (Å²) in [5.74, 6) is 7.04. The molecule has 1 fully saturated rings. The molecule has 0 amide bonds. The van der Waals surface area contributed by atoms with Gasteiger partial charge in [-0.1, -0.05) is 0 Å². The molecule has 1 atom stereocenters. The van der Waals surface area contributed by atoms with Gasteiger partial charge in [-0.3, -0.25) is 15.0 Å². The number of aromatic amines is 1. The molecule has 2 aliphatic heterocycles. The van der Waals surface area contributed by atoms with Crippen LogP contribution >= 0.6 is 0 Å². The average molecular weight is 372 g/mol. The number of H-pyrrole nitrogens is 1. The third-order valence-electron chi connectivity index (χ3n) is 4.69. The maximum Gasteiger partial charge on any atom is 0.316 e. The van der Waals surface area contributed by atoms with Crippen LogP contribution in [0, 0.1) is 0 Å². The molecule has 2 aromatic rings. The number of aliphatic imine (C=N–C) groups is 2. The lowest BCUT2D eigenvalue weighted by Gasteiger charge is -2.33. The number of hydrogen-bond acceptors (Lipinski definition) is 9. The smallest absolute Gasteiger partial charge is 0.316 e. The third-order valence-corrected chi connectivity index (χ3v) is 4.69. The fraction of sp³-hybridized carbons (Fsp3) is 0.471. The first-order valence-corrected chi connectivity index (χ1v) is 8.96. The summed E-state index contributed by atoms with van der Waals surface area (Å²) in [6.45, 7) is 4.25. The molecule has 3 heterocycles. The van der Waals surface area contributed by atoms with Crippen molar-refractivity contribution in [1.82, 2.24) is 20.1 Å². The normalized spacial score (nSPS) is 21.1. The minimum absolute atomic E-state index is 0.314. The molecule has 0 aliphatic carbocycles. The Bertz CT molecular complexity index is 842. The molecule has 10 nitrogen and oxygen atoms in total. The lowest BCUT2D eigenvalue weighted by Crippen LogP contribution is -2.52. The van der Waals surface area contributed by atoms with Crippen LogP contribution in [0.2, 0.25) is 0 Å². The quantitative estimate of drug-likeness (QED) is 0.657. The van der Waals surface area contributed by atoms with Gasteiger partial charge in [-0.15, -0.1) is 0 Å². The molecule has 0 radical (unpaired) electrons. The van der Waals surface area contributed by atoms with Crippen molar-refractivity contribution in [2.45, 2.75) is 12.7 Å². The van der Waals surface area contributed by atoms with Gasteiger partial charge in [0.15, 0.2) is 0 Å². The Hall–Kier alpha value is -2.69. The van der Waals surface area contributed by atoms with E-state index in [1.807, 2.05) is 18.2 Å². The van der Waals surface area contributed by atoms with Gasteiger partial charge in [-0.25, -0.2) is 5.84 Å². The van der Waals surface area contributed by atoms with E-state index in [2.05, 4.69) is 30.4 Å². The van der Waals surface area contributed by atoms with Crippen LogP contribution in [0.15, 0.2) is 34.4 Å². The first kappa shape index (κ1) is 17.7. The van der Waals surface area contributed by atoms with Crippen molar-refractivity contribution in [2.24, 2.45) is 15.8 Å². The van der Waals surface area contributed by atoms with Crippen molar-refractivity contribution in [1.29, 1.82) is 0 Å². The largest absolute Gasteiger partial charge is 0.467 e. The number of aromatic nitrogens is 2. The molecule has 10 heteroatoms. The molecule has 0 bridgehead atoms. The second kappa shape index (κ2) is 7.91. The molecule has 1 aromatic heterocycles. The Labute approximate surface area is 157 Å². The summed E-state index contributed by atoms with van der Waals surface area (Å²) in [4.78, 5) is 11.2. The maximum absolute atomic E-state index is 6.31. The van der Waals surface area contributed by atoms with Crippen LogP contribution in [0.4, 0.5) is 5.69 Å². The van der Waals surface area contributed by atoms with Crippen LogP contribution in [0.5, 0.6) is 0 Å². The van der Waals surface area contributed by atoms with Crippen molar-refractivity contribution in [2.75, 3.05) is 45.3 Å². The highest BCUT2D eigenvalue weighted by Gasteiger charge is 2.25. The molecule has 4 rings (SSSR count). The SMILES string of the molecule is COC1=NC(Nc2ccc3cn[nH]c3c2)N(N)C(CCN2CCOCC2)=N1. The zero-order chi connectivity index (χ0) is 18.6. The highest BCUT2D eigenvalue weighted by Crippen LogP contribution is 2.19. The number of methoxy groups -OCH3 is 1. The van der Waals surface area contributed by atoms with Crippen LogP contribution in [0.25, 0.3) is 10.9 Å². The summed E-state index contributed by atoms with van der Waals surface area (Å²) < 4.78 is 10.7. The summed E-state index contributed by atoms with van der Waals surface area (Å²) in [5, 5.41) is 12.9. The van der Waals surface area contributed by atoms with Crippen LogP contribution < -0.4 is 11.2 Å². The first-order valence-electron chi connectivity index (χ1n) is 8.96. The molecule has 1 saturated heterocycles. The van der Waals surface area contributed by atoms with Crippen molar-refractivity contribution in [3.8, 4) is 0 Å². The first-order chi connectivity index (χ1) is 13.2. The summed E-state index contributed by atoms with van der Waals surface area (Å²) in [6, 6.07) is 6.23. The molecule has 4 N–H and O–H groups in total. The van der Waals surface area contributed by atoms with Crippen molar-refractivity contribution in [3.63, 3.8) is 0 Å². The van der Waals surface area contributed by atoms with Crippen LogP contribution in [0.3, 0.4) is 0 Å². The second-order valence-electron chi connectivity index (χ2n) is 6.45. The lowest BCUT2D eigenvalue weighted by molar-refractivity contribution is 0.0388. The third kappa shape index (κ3) is 4.02. The van der Waals surface area contributed by atoms with E-state index in [4.69, 9.17) is 15.3 Å². The van der Waals surface area contributed by atoms with Crippen LogP contribution in [-0.2, 0) is 9.47 Å². The fourth-order valence-electron chi connectivity index (χ4n) is 3.15. The number of benzene rings is 1. The monoisotopic (exact) mass is 372 g/mol. The molecule has 144 valence electrons. The lowest BCUT2D eigenvalue weighted by atomic mass is 10.2. The zero-order valence-corrected chi connectivity index (χ0v) is 15.3. The van der Waals surface area contributed by atoms with Crippen molar-refractivity contribution >= 4 is 28.4 Å². The number of hydrogen-bond donors (Lipinski definition) is 3. The Kier molecular flexibility index (Phi) is 5.19. The van der Waals surface area contributed by atoms with Gasteiger partial charge >= 0.3 is 6.02 Å². The van der Waals surface area contributed by atoms with E-state index >= 15 is 0 Å². The Morgan fingerprint density at radius 1 is 1.37 bits per heavy atom. The molecule has 0 spiro atoms. The van der Waals surface area contributed by atoms with Crippen molar-refractivity contribution < 1.29 is 9.47 Å². The number of ether oxygens (including phenoxy) is 2. The Morgan fingerprint density at radius 3 is 3.04 bits per heavy atom. The maximum atomic E-state index is 6.31. The summed E-state index contributed by atoms with van der Waals surface area (Å²) in [6.07, 6.45) is 1.99. The number of morpholine rings is 1. The van der Waals surface area contributed by atoms with Gasteiger partial charge in [0.1, 0.15) is 5.84 Å². The van der Waals surface area contributed by atoms with E-state index in [1.165, 1.54) is 0 Å². The Morgan fingerprint density at radius 2 is 2.22 bits per heavy atom. The van der Waals surface area contributed by atoms with Crippen molar-refractivity contribution in [3.05, 3.63) is 24.4 Å². The van der Waals surface area contributed by atoms with E-state index < -0.39 is 6.29 Å². The topological polar surface area (TPSA) is 116 Å². The van der Waals surface area contributed by atoms with Gasteiger partial charge in [0.2, 0.25) is 6.29 Å².